The molecular formula is C25H29N3O3. The molecule has 0 radical (unpaired) electrons. The van der Waals surface area contributed by atoms with Gasteiger partial charge in [-0.25, -0.2) is 4.98 Å². The van der Waals surface area contributed by atoms with Gasteiger partial charge in [0.15, 0.2) is 0 Å². The van der Waals surface area contributed by atoms with Gasteiger partial charge in [-0.2, -0.15) is 0 Å². The number of hydrogen-bond donors (Lipinski definition) is 2. The van der Waals surface area contributed by atoms with Crippen LogP contribution in [0.3, 0.4) is 0 Å². The minimum absolute atomic E-state index is 0.234. The molecule has 0 aliphatic rings. The van der Waals surface area contributed by atoms with E-state index in [2.05, 4.69) is 15.6 Å². The van der Waals surface area contributed by atoms with Crippen molar-refractivity contribution in [3.8, 4) is 11.5 Å². The molecule has 1 aromatic heterocycles. The van der Waals surface area contributed by atoms with Crippen molar-refractivity contribution in [1.82, 2.24) is 10.3 Å². The smallest absolute Gasteiger partial charge is 0.252 e. The molecule has 0 aliphatic heterocycles. The Morgan fingerprint density at radius 3 is 2.42 bits per heavy atom. The van der Waals surface area contributed by atoms with Crippen molar-refractivity contribution in [2.24, 2.45) is 5.92 Å². The van der Waals surface area contributed by atoms with Crippen molar-refractivity contribution in [1.29, 1.82) is 0 Å². The largest absolute Gasteiger partial charge is 0.441 e. The maximum atomic E-state index is 13.0. The van der Waals surface area contributed by atoms with Crippen molar-refractivity contribution in [2.45, 2.75) is 47.1 Å². The number of oxazole rings is 1. The van der Waals surface area contributed by atoms with E-state index in [1.54, 1.807) is 12.1 Å². The molecule has 0 fully saturated rings. The van der Waals surface area contributed by atoms with E-state index in [1.165, 1.54) is 0 Å². The standard InChI is InChI=1S/C25H29N3O3/c1-15(2)13-22(28-23(29)21-12-7-6-9-16(21)3)24(30)27-20-11-8-10-19(14-20)25-26-17(4)18(5)31-25/h6-12,14-15,22H,13H2,1-5H3,(H,27,30)(H,28,29). The molecule has 0 spiro atoms. The van der Waals surface area contributed by atoms with Gasteiger partial charge in [0.25, 0.3) is 5.91 Å². The fraction of sp³-hybridized carbons (Fsp3) is 0.320. The highest BCUT2D eigenvalue weighted by Gasteiger charge is 2.23. The quantitative estimate of drug-likeness (QED) is 0.561. The van der Waals surface area contributed by atoms with Crippen LogP contribution in [-0.2, 0) is 4.79 Å². The average Bonchev–Trinajstić information content (AvgIpc) is 3.06. The molecule has 6 heteroatoms. The van der Waals surface area contributed by atoms with Gasteiger partial charge in [0.2, 0.25) is 11.8 Å². The molecule has 3 rings (SSSR count). The monoisotopic (exact) mass is 419 g/mol. The third-order valence-corrected chi connectivity index (χ3v) is 5.12. The van der Waals surface area contributed by atoms with Gasteiger partial charge in [-0.3, -0.25) is 9.59 Å². The van der Waals surface area contributed by atoms with Crippen LogP contribution in [0.15, 0.2) is 52.9 Å². The molecule has 2 N–H and O–H groups in total. The molecule has 1 heterocycles. The molecule has 0 aliphatic carbocycles. The number of rotatable bonds is 7. The lowest BCUT2D eigenvalue weighted by atomic mass is 10.0. The van der Waals surface area contributed by atoms with E-state index in [4.69, 9.17) is 4.42 Å². The topological polar surface area (TPSA) is 84.2 Å². The van der Waals surface area contributed by atoms with Gasteiger partial charge in [0, 0.05) is 16.8 Å². The van der Waals surface area contributed by atoms with Gasteiger partial charge in [-0.05, 0) is 62.9 Å². The molecule has 31 heavy (non-hydrogen) atoms. The van der Waals surface area contributed by atoms with E-state index in [9.17, 15) is 9.59 Å². The number of carbonyl (C=O) groups is 2. The van der Waals surface area contributed by atoms with Crippen LogP contribution in [-0.4, -0.2) is 22.8 Å². The maximum absolute atomic E-state index is 13.0. The Bertz CT molecular complexity index is 1070. The van der Waals surface area contributed by atoms with Crippen LogP contribution in [0.1, 0.15) is 47.6 Å². The first-order valence-electron chi connectivity index (χ1n) is 10.5. The molecule has 1 unspecified atom stereocenters. The summed E-state index contributed by atoms with van der Waals surface area (Å²) < 4.78 is 5.69. The molecule has 2 aromatic carbocycles. The lowest BCUT2D eigenvalue weighted by Crippen LogP contribution is -2.44. The van der Waals surface area contributed by atoms with Gasteiger partial charge in [-0.15, -0.1) is 0 Å². The minimum Gasteiger partial charge on any atom is -0.441 e. The second-order valence-corrected chi connectivity index (χ2v) is 8.20. The summed E-state index contributed by atoms with van der Waals surface area (Å²) in [4.78, 5) is 30.2. The van der Waals surface area contributed by atoms with E-state index in [1.807, 2.05) is 71.0 Å². The van der Waals surface area contributed by atoms with Gasteiger partial charge in [-0.1, -0.05) is 38.1 Å². The molecule has 2 amide bonds. The molecular weight excluding hydrogens is 390 g/mol. The first-order valence-corrected chi connectivity index (χ1v) is 10.5. The number of nitrogens with zero attached hydrogens (tertiary/aromatic N) is 1. The number of aryl methyl sites for hydroxylation is 3. The first kappa shape index (κ1) is 22.3. The highest BCUT2D eigenvalue weighted by atomic mass is 16.4. The number of benzene rings is 2. The van der Waals surface area contributed by atoms with E-state index in [0.29, 0.717) is 23.6 Å². The summed E-state index contributed by atoms with van der Waals surface area (Å²) in [6, 6.07) is 14.0. The maximum Gasteiger partial charge on any atom is 0.252 e. The second-order valence-electron chi connectivity index (χ2n) is 8.20. The van der Waals surface area contributed by atoms with E-state index >= 15 is 0 Å². The molecule has 0 bridgehead atoms. The second kappa shape index (κ2) is 9.60. The Morgan fingerprint density at radius 1 is 1.03 bits per heavy atom. The summed E-state index contributed by atoms with van der Waals surface area (Å²) in [5, 5.41) is 5.83. The van der Waals surface area contributed by atoms with Crippen molar-refractivity contribution >= 4 is 17.5 Å². The highest BCUT2D eigenvalue weighted by molar-refractivity contribution is 6.01. The van der Waals surface area contributed by atoms with Crippen LogP contribution in [0.4, 0.5) is 5.69 Å². The zero-order valence-electron chi connectivity index (χ0n) is 18.7. The highest BCUT2D eigenvalue weighted by Crippen LogP contribution is 2.24. The Morgan fingerprint density at radius 2 is 1.77 bits per heavy atom. The molecule has 162 valence electrons. The predicted octanol–water partition coefficient (Wildman–Crippen LogP) is 5.05. The first-order chi connectivity index (χ1) is 14.7. The third-order valence-electron chi connectivity index (χ3n) is 5.12. The number of amides is 2. The van der Waals surface area contributed by atoms with E-state index < -0.39 is 6.04 Å². The van der Waals surface area contributed by atoms with Crippen molar-refractivity contribution < 1.29 is 14.0 Å². The van der Waals surface area contributed by atoms with Crippen molar-refractivity contribution in [2.75, 3.05) is 5.32 Å². The average molecular weight is 420 g/mol. The van der Waals surface area contributed by atoms with E-state index in [0.717, 1.165) is 22.6 Å². The number of nitrogens with one attached hydrogen (secondary N) is 2. The van der Waals surface area contributed by atoms with Crippen LogP contribution in [0.2, 0.25) is 0 Å². The summed E-state index contributed by atoms with van der Waals surface area (Å²) in [5.41, 5.74) is 3.67. The van der Waals surface area contributed by atoms with Gasteiger partial charge < -0.3 is 15.1 Å². The summed E-state index contributed by atoms with van der Waals surface area (Å²) in [6.07, 6.45) is 0.529. The van der Waals surface area contributed by atoms with Crippen molar-refractivity contribution in [3.05, 3.63) is 71.1 Å². The molecule has 6 nitrogen and oxygen atoms in total. The Balaban J connectivity index is 1.77. The Hall–Kier alpha value is -3.41. The normalized spacial score (nSPS) is 11.9. The number of anilines is 1. The number of carbonyl (C=O) groups excluding carboxylic acids is 2. The third kappa shape index (κ3) is 5.60. The van der Waals surface area contributed by atoms with Crippen LogP contribution in [0, 0.1) is 26.7 Å². The number of hydrogen-bond acceptors (Lipinski definition) is 4. The fourth-order valence-corrected chi connectivity index (χ4v) is 3.32. The van der Waals surface area contributed by atoms with Gasteiger partial charge in [0.1, 0.15) is 11.8 Å². The summed E-state index contributed by atoms with van der Waals surface area (Å²) in [5.74, 6) is 1.00. The zero-order valence-corrected chi connectivity index (χ0v) is 18.7. The molecule has 0 saturated carbocycles. The predicted molar refractivity (Wildman–Crippen MR) is 122 cm³/mol. The molecule has 0 saturated heterocycles. The van der Waals surface area contributed by atoms with Crippen molar-refractivity contribution in [3.63, 3.8) is 0 Å². The van der Waals surface area contributed by atoms with Gasteiger partial charge >= 0.3 is 0 Å². The molecule has 3 aromatic rings. The lowest BCUT2D eigenvalue weighted by Gasteiger charge is -2.21. The Labute approximate surface area is 183 Å². The van der Waals surface area contributed by atoms with E-state index in [-0.39, 0.29) is 17.7 Å². The van der Waals surface area contributed by atoms with Crippen LogP contribution in [0.5, 0.6) is 0 Å². The number of aromatic nitrogens is 1. The van der Waals surface area contributed by atoms with Crippen LogP contribution >= 0.6 is 0 Å². The Kier molecular flexibility index (Phi) is 6.90. The zero-order chi connectivity index (χ0) is 22.5. The minimum atomic E-state index is -0.651. The van der Waals surface area contributed by atoms with Crippen LogP contribution in [0.25, 0.3) is 11.5 Å². The summed E-state index contributed by atoms with van der Waals surface area (Å²) in [6.45, 7) is 9.68. The summed E-state index contributed by atoms with van der Waals surface area (Å²) >= 11 is 0. The SMILES string of the molecule is Cc1ccccc1C(=O)NC(CC(C)C)C(=O)Nc1cccc(-c2nc(C)c(C)o2)c1. The van der Waals surface area contributed by atoms with Crippen LogP contribution < -0.4 is 10.6 Å². The fourth-order valence-electron chi connectivity index (χ4n) is 3.32. The molecule has 1 atom stereocenters. The van der Waals surface area contributed by atoms with Gasteiger partial charge in [0.05, 0.1) is 5.69 Å². The summed E-state index contributed by atoms with van der Waals surface area (Å²) in [7, 11) is 0. The lowest BCUT2D eigenvalue weighted by molar-refractivity contribution is -0.118.